The predicted octanol–water partition coefficient (Wildman–Crippen LogP) is 6.08. The van der Waals surface area contributed by atoms with Gasteiger partial charge in [-0.2, -0.15) is 0 Å². The maximum absolute atomic E-state index is 12.9. The Morgan fingerprint density at radius 2 is 1.72 bits per heavy atom. The number of hydrogen-bond donors (Lipinski definition) is 4. The molecule has 2 saturated heterocycles. The Kier molecular flexibility index (Phi) is 8.39. The second-order valence-electron chi connectivity index (χ2n) is 16.8. The number of carbonyl (C=O) groups excluding carboxylic acids is 2. The van der Waals surface area contributed by atoms with Crippen molar-refractivity contribution < 1.29 is 29.3 Å². The highest BCUT2D eigenvalue weighted by Gasteiger charge is 2.69. The molecule has 4 saturated carbocycles. The molecule has 254 valence electrons. The number of amides is 2. The normalized spacial score (nSPS) is 44.5. The van der Waals surface area contributed by atoms with Gasteiger partial charge in [-0.05, 0) is 128 Å². The third-order valence-corrected chi connectivity index (χ3v) is 14.4. The molecule has 8 nitrogen and oxygen atoms in total. The molecule has 4 aliphatic carbocycles. The molecule has 6 fully saturated rings. The minimum Gasteiger partial charge on any atom is -0.504 e. The Hall–Kier alpha value is -2.32. The van der Waals surface area contributed by atoms with E-state index < -0.39 is 0 Å². The van der Waals surface area contributed by atoms with E-state index in [-0.39, 0.29) is 41.6 Å². The van der Waals surface area contributed by atoms with Gasteiger partial charge in [-0.3, -0.25) is 9.59 Å². The lowest BCUT2D eigenvalue weighted by Gasteiger charge is -2.61. The van der Waals surface area contributed by atoms with Crippen LogP contribution in [0.4, 0.5) is 0 Å². The highest BCUT2D eigenvalue weighted by molar-refractivity contribution is 5.96. The van der Waals surface area contributed by atoms with E-state index in [1.807, 2.05) is 0 Å². The summed E-state index contributed by atoms with van der Waals surface area (Å²) >= 11 is 0. The number of phenolic OH excluding ortho intramolecular Hbond substituents is 2. The lowest BCUT2D eigenvalue weighted by molar-refractivity contribution is -0.273. The van der Waals surface area contributed by atoms with Crippen molar-refractivity contribution in [2.24, 2.45) is 52.3 Å². The lowest BCUT2D eigenvalue weighted by Crippen LogP contribution is -2.56. The zero-order chi connectivity index (χ0) is 32.4. The molecule has 4 N–H and O–H groups in total. The summed E-state index contributed by atoms with van der Waals surface area (Å²) in [4.78, 5) is 25.3. The number of hydrogen-bond acceptors (Lipinski definition) is 6. The Balaban J connectivity index is 0.914. The van der Waals surface area contributed by atoms with Gasteiger partial charge in [-0.15, -0.1) is 0 Å². The number of rotatable bonds is 6. The van der Waals surface area contributed by atoms with Gasteiger partial charge in [-0.25, -0.2) is 0 Å². The van der Waals surface area contributed by atoms with Crippen LogP contribution in [0.1, 0.15) is 104 Å². The minimum atomic E-state index is -0.349. The van der Waals surface area contributed by atoms with Crippen LogP contribution in [0.5, 0.6) is 11.5 Å². The van der Waals surface area contributed by atoms with Crippen molar-refractivity contribution in [3.63, 3.8) is 0 Å². The Labute approximate surface area is 274 Å². The van der Waals surface area contributed by atoms with E-state index in [9.17, 15) is 19.8 Å². The van der Waals surface area contributed by atoms with Gasteiger partial charge < -0.3 is 30.3 Å². The summed E-state index contributed by atoms with van der Waals surface area (Å²) in [5.74, 6) is 3.37. The number of phenols is 2. The second kappa shape index (κ2) is 12.0. The van der Waals surface area contributed by atoms with Crippen LogP contribution in [0.25, 0.3) is 0 Å². The molecule has 2 amide bonds. The smallest absolute Gasteiger partial charge is 0.229 e. The highest BCUT2D eigenvalue weighted by atomic mass is 16.7. The fourth-order valence-corrected chi connectivity index (χ4v) is 12.0. The van der Waals surface area contributed by atoms with Crippen LogP contribution in [-0.2, 0) is 25.5 Å². The van der Waals surface area contributed by atoms with Crippen molar-refractivity contribution in [3.8, 4) is 11.5 Å². The van der Waals surface area contributed by atoms with Crippen molar-refractivity contribution in [1.82, 2.24) is 10.6 Å². The van der Waals surface area contributed by atoms with E-state index in [4.69, 9.17) is 9.47 Å². The zero-order valence-corrected chi connectivity index (χ0v) is 28.4. The van der Waals surface area contributed by atoms with E-state index in [1.54, 1.807) is 6.07 Å². The first-order valence-corrected chi connectivity index (χ1v) is 18.3. The van der Waals surface area contributed by atoms with Gasteiger partial charge in [0.25, 0.3) is 0 Å². The van der Waals surface area contributed by atoms with E-state index >= 15 is 0 Å². The number of carbonyl (C=O) groups is 2. The molecule has 46 heavy (non-hydrogen) atoms. The average Bonchev–Trinajstić information content (AvgIpc) is 3.46. The largest absolute Gasteiger partial charge is 0.504 e. The summed E-state index contributed by atoms with van der Waals surface area (Å²) in [5, 5.41) is 25.2. The van der Waals surface area contributed by atoms with Gasteiger partial charge in [0.1, 0.15) is 6.42 Å². The molecule has 0 bridgehead atoms. The van der Waals surface area contributed by atoms with Crippen LogP contribution in [-0.4, -0.2) is 53.1 Å². The number of ether oxygens (including phenoxy) is 2. The monoisotopic (exact) mass is 636 g/mol. The Morgan fingerprint density at radius 3 is 2.48 bits per heavy atom. The molecule has 12 atom stereocenters. The van der Waals surface area contributed by atoms with Crippen LogP contribution in [0.15, 0.2) is 18.2 Å². The van der Waals surface area contributed by atoms with Crippen molar-refractivity contribution in [1.29, 1.82) is 0 Å². The average molecular weight is 637 g/mol. The van der Waals surface area contributed by atoms with Gasteiger partial charge >= 0.3 is 0 Å². The van der Waals surface area contributed by atoms with Crippen molar-refractivity contribution in [2.75, 3.05) is 13.2 Å². The summed E-state index contributed by atoms with van der Waals surface area (Å²) in [6, 6.07) is 4.76. The van der Waals surface area contributed by atoms with Crippen LogP contribution >= 0.6 is 0 Å². The Morgan fingerprint density at radius 1 is 0.913 bits per heavy atom. The van der Waals surface area contributed by atoms with E-state index in [2.05, 4.69) is 38.3 Å². The third-order valence-electron chi connectivity index (χ3n) is 14.4. The van der Waals surface area contributed by atoms with Gasteiger partial charge in [0.15, 0.2) is 17.3 Å². The first-order valence-electron chi connectivity index (χ1n) is 18.3. The van der Waals surface area contributed by atoms with Crippen LogP contribution in [0.2, 0.25) is 0 Å². The molecule has 1 aromatic carbocycles. The quantitative estimate of drug-likeness (QED) is 0.222. The zero-order valence-electron chi connectivity index (χ0n) is 28.4. The SMILES string of the molecule is C[C@@H]1CC[C@@]2(OC1)O[C@H]1C[C@H]3[C@@H]4CC[C@H]5C[C@@H](NC(=O)CC(=O)NCCc6ccc(O)c(O)c6)CC[C@]5(C)[C@H]4CC[C@]3(C)[C@H]1[C@@H]2C. The summed E-state index contributed by atoms with van der Waals surface area (Å²) in [6.45, 7) is 11.1. The molecule has 7 rings (SSSR count). The molecule has 2 heterocycles. The van der Waals surface area contributed by atoms with Crippen LogP contribution < -0.4 is 10.6 Å². The molecule has 0 aromatic heterocycles. The standard InChI is InChI=1S/C38H56N2O6/c1-22-9-15-38(45-21-22)23(2)35-32(46-38)19-29-27-7-6-25-18-26(10-13-36(25,3)28(27)11-14-37(29,35)4)40-34(44)20-33(43)39-16-12-24-5-8-30(41)31(42)17-24/h5,8,17,22-23,25-29,32,35,41-42H,6-7,9-16,18-21H2,1-4H3,(H,39,43)(H,40,44)/t22-,23+,25+,26+,27-,28+,29+,32+,35+,36+,37+,38-/m1/s1. The van der Waals surface area contributed by atoms with Crippen molar-refractivity contribution in [3.05, 3.63) is 23.8 Å². The first kappa shape index (κ1) is 32.2. The Bertz CT molecular complexity index is 1330. The second-order valence-corrected chi connectivity index (χ2v) is 16.8. The summed E-state index contributed by atoms with van der Waals surface area (Å²) < 4.78 is 13.5. The van der Waals surface area contributed by atoms with Crippen molar-refractivity contribution >= 4 is 11.8 Å². The molecular formula is C38H56N2O6. The minimum absolute atomic E-state index is 0.137. The van der Waals surface area contributed by atoms with Gasteiger partial charge in [0.05, 0.1) is 12.7 Å². The van der Waals surface area contributed by atoms with Gasteiger partial charge in [-0.1, -0.05) is 33.8 Å². The molecule has 2 aliphatic heterocycles. The van der Waals surface area contributed by atoms with E-state index in [0.717, 1.165) is 55.6 Å². The van der Waals surface area contributed by atoms with Gasteiger partial charge in [0, 0.05) is 24.9 Å². The van der Waals surface area contributed by atoms with Crippen LogP contribution in [0.3, 0.4) is 0 Å². The predicted molar refractivity (Wildman–Crippen MR) is 175 cm³/mol. The lowest BCUT2D eigenvalue weighted by atomic mass is 9.44. The fraction of sp³-hybridized carbons (Fsp3) is 0.789. The highest BCUT2D eigenvalue weighted by Crippen LogP contribution is 2.71. The summed E-state index contributed by atoms with van der Waals surface area (Å²) in [5.41, 5.74) is 1.46. The van der Waals surface area contributed by atoms with Crippen LogP contribution in [0, 0.1) is 52.3 Å². The summed E-state index contributed by atoms with van der Waals surface area (Å²) in [7, 11) is 0. The summed E-state index contributed by atoms with van der Waals surface area (Å²) in [6.07, 6.45) is 12.4. The molecule has 0 radical (unpaired) electrons. The maximum Gasteiger partial charge on any atom is 0.229 e. The van der Waals surface area contributed by atoms with Crippen molar-refractivity contribution in [2.45, 2.75) is 123 Å². The number of aromatic hydroxyl groups is 2. The third kappa shape index (κ3) is 5.43. The molecular weight excluding hydrogens is 580 g/mol. The first-order chi connectivity index (χ1) is 21.9. The fourth-order valence-electron chi connectivity index (χ4n) is 12.0. The molecule has 1 aromatic rings. The topological polar surface area (TPSA) is 117 Å². The molecule has 8 heteroatoms. The number of benzene rings is 1. The number of fused-ring (bicyclic) bond motifs is 7. The van der Waals surface area contributed by atoms with E-state index in [0.29, 0.717) is 53.6 Å². The number of nitrogens with one attached hydrogen (secondary N) is 2. The van der Waals surface area contributed by atoms with Gasteiger partial charge in [0.2, 0.25) is 11.8 Å². The molecule has 0 unspecified atom stereocenters. The maximum atomic E-state index is 12.9. The molecule has 1 spiro atoms. The molecule has 6 aliphatic rings. The van der Waals surface area contributed by atoms with E-state index in [1.165, 1.54) is 50.7 Å².